The number of aryl methyl sites for hydroxylation is 2. The molecule has 0 spiro atoms. The van der Waals surface area contributed by atoms with Gasteiger partial charge in [0.25, 0.3) is 0 Å². The van der Waals surface area contributed by atoms with Gasteiger partial charge in [-0.2, -0.15) is 0 Å². The van der Waals surface area contributed by atoms with E-state index in [9.17, 15) is 14.7 Å². The Hall–Kier alpha value is -2.62. The molecule has 1 atom stereocenters. The van der Waals surface area contributed by atoms with E-state index < -0.39 is 12.0 Å². The fourth-order valence-corrected chi connectivity index (χ4v) is 2.16. The van der Waals surface area contributed by atoms with Gasteiger partial charge in [0.15, 0.2) is 5.78 Å². The molecule has 4 heteroatoms. The van der Waals surface area contributed by atoms with Crippen LogP contribution in [0.25, 0.3) is 0 Å². The van der Waals surface area contributed by atoms with Gasteiger partial charge in [-0.15, -0.1) is 0 Å². The van der Waals surface area contributed by atoms with Crippen LogP contribution in [0.1, 0.15) is 27.9 Å². The summed E-state index contributed by atoms with van der Waals surface area (Å²) in [5.41, 5.74) is 3.44. The minimum atomic E-state index is -1.04. The van der Waals surface area contributed by atoms with Crippen LogP contribution in [0.5, 0.6) is 0 Å². The molecule has 0 amide bonds. The molecule has 0 aliphatic carbocycles. The van der Waals surface area contributed by atoms with Gasteiger partial charge < -0.3 is 10.4 Å². The van der Waals surface area contributed by atoms with E-state index in [1.807, 2.05) is 38.1 Å². The molecule has 0 saturated carbocycles. The number of carbonyl (C=O) groups excluding carboxylic acids is 1. The topological polar surface area (TPSA) is 66.4 Å². The number of anilines is 1. The van der Waals surface area contributed by atoms with Gasteiger partial charge in [0.05, 0.1) is 0 Å². The number of ketones is 1. The Labute approximate surface area is 129 Å². The molecule has 2 rings (SSSR count). The first-order valence-corrected chi connectivity index (χ1v) is 7.12. The van der Waals surface area contributed by atoms with Gasteiger partial charge in [0, 0.05) is 17.7 Å². The zero-order valence-electron chi connectivity index (χ0n) is 12.7. The van der Waals surface area contributed by atoms with Crippen molar-refractivity contribution >= 4 is 17.4 Å². The van der Waals surface area contributed by atoms with E-state index >= 15 is 0 Å². The minimum absolute atomic E-state index is 0.0910. The molecule has 4 nitrogen and oxygen atoms in total. The van der Waals surface area contributed by atoms with Crippen LogP contribution in [0.4, 0.5) is 5.69 Å². The Bertz CT molecular complexity index is 680. The van der Waals surface area contributed by atoms with Crippen molar-refractivity contribution in [1.29, 1.82) is 0 Å². The minimum Gasteiger partial charge on any atom is -0.480 e. The summed E-state index contributed by atoms with van der Waals surface area (Å²) in [7, 11) is 0. The fraction of sp³-hybridized carbons (Fsp3) is 0.222. The number of aliphatic carboxylic acids is 1. The molecule has 22 heavy (non-hydrogen) atoms. The van der Waals surface area contributed by atoms with E-state index in [1.165, 1.54) is 0 Å². The van der Waals surface area contributed by atoms with E-state index in [0.29, 0.717) is 11.3 Å². The van der Waals surface area contributed by atoms with Crippen molar-refractivity contribution < 1.29 is 14.7 Å². The maximum absolute atomic E-state index is 12.2. The molecule has 0 fully saturated rings. The largest absolute Gasteiger partial charge is 0.480 e. The molecule has 0 radical (unpaired) electrons. The van der Waals surface area contributed by atoms with Crippen LogP contribution < -0.4 is 5.32 Å². The first-order chi connectivity index (χ1) is 10.5. The van der Waals surface area contributed by atoms with Gasteiger partial charge in [-0.25, -0.2) is 4.79 Å². The maximum atomic E-state index is 12.2. The third kappa shape index (κ3) is 3.95. The normalized spacial score (nSPS) is 11.7. The van der Waals surface area contributed by atoms with Crippen molar-refractivity contribution in [2.45, 2.75) is 26.3 Å². The van der Waals surface area contributed by atoms with Crippen LogP contribution in [0, 0.1) is 13.8 Å². The molecule has 2 aromatic carbocycles. The molecule has 0 aromatic heterocycles. The lowest BCUT2D eigenvalue weighted by Gasteiger charge is -2.16. The molecule has 0 bridgehead atoms. The average Bonchev–Trinajstić information content (AvgIpc) is 2.51. The average molecular weight is 297 g/mol. The van der Waals surface area contributed by atoms with Crippen molar-refractivity contribution in [2.75, 3.05) is 5.32 Å². The predicted molar refractivity (Wildman–Crippen MR) is 86.4 cm³/mol. The Morgan fingerprint density at radius 1 is 1.05 bits per heavy atom. The number of hydrogen-bond acceptors (Lipinski definition) is 3. The molecular formula is C18H19NO3. The summed E-state index contributed by atoms with van der Waals surface area (Å²) < 4.78 is 0. The molecule has 0 aliphatic heterocycles. The number of nitrogens with one attached hydrogen (secondary N) is 1. The Morgan fingerprint density at radius 3 is 2.32 bits per heavy atom. The van der Waals surface area contributed by atoms with E-state index in [-0.39, 0.29) is 12.2 Å². The third-order valence-corrected chi connectivity index (χ3v) is 3.63. The van der Waals surface area contributed by atoms with Crippen molar-refractivity contribution in [2.24, 2.45) is 0 Å². The summed E-state index contributed by atoms with van der Waals surface area (Å²) >= 11 is 0. The second-order valence-corrected chi connectivity index (χ2v) is 5.33. The van der Waals surface area contributed by atoms with Gasteiger partial charge >= 0.3 is 5.97 Å². The van der Waals surface area contributed by atoms with Crippen LogP contribution >= 0.6 is 0 Å². The Balaban J connectivity index is 2.12. The molecular weight excluding hydrogens is 278 g/mol. The lowest BCUT2D eigenvalue weighted by atomic mass is 10.0. The number of rotatable bonds is 6. The van der Waals surface area contributed by atoms with E-state index in [0.717, 1.165) is 11.1 Å². The quantitative estimate of drug-likeness (QED) is 0.802. The molecule has 0 aliphatic rings. The van der Waals surface area contributed by atoms with Gasteiger partial charge in [-0.1, -0.05) is 36.4 Å². The molecule has 0 heterocycles. The van der Waals surface area contributed by atoms with Crippen molar-refractivity contribution in [1.82, 2.24) is 0 Å². The number of hydrogen-bond donors (Lipinski definition) is 2. The summed E-state index contributed by atoms with van der Waals surface area (Å²) in [6.07, 6.45) is -0.0910. The van der Waals surface area contributed by atoms with Crippen LogP contribution in [0.2, 0.25) is 0 Å². The van der Waals surface area contributed by atoms with Gasteiger partial charge in [-0.3, -0.25) is 4.79 Å². The summed E-state index contributed by atoms with van der Waals surface area (Å²) in [5.74, 6) is -1.23. The van der Waals surface area contributed by atoms with Crippen LogP contribution in [-0.4, -0.2) is 22.9 Å². The summed E-state index contributed by atoms with van der Waals surface area (Å²) in [5, 5.41) is 12.3. The third-order valence-electron chi connectivity index (χ3n) is 3.63. The SMILES string of the molecule is Cc1ccc(N[C@H](CC(=O)c2ccccc2)C(=O)O)cc1C. The number of benzene rings is 2. The summed E-state index contributed by atoms with van der Waals surface area (Å²) in [6.45, 7) is 3.96. The fourth-order valence-electron chi connectivity index (χ4n) is 2.16. The highest BCUT2D eigenvalue weighted by Gasteiger charge is 2.21. The molecule has 2 N–H and O–H groups in total. The summed E-state index contributed by atoms with van der Waals surface area (Å²) in [6, 6.07) is 13.4. The van der Waals surface area contributed by atoms with Crippen LogP contribution in [0.15, 0.2) is 48.5 Å². The number of carboxylic acids is 1. The lowest BCUT2D eigenvalue weighted by molar-refractivity contribution is -0.137. The van der Waals surface area contributed by atoms with Gasteiger partial charge in [0.2, 0.25) is 0 Å². The Kier molecular flexibility index (Phi) is 4.94. The van der Waals surface area contributed by atoms with E-state index in [1.54, 1.807) is 24.3 Å². The summed E-state index contributed by atoms with van der Waals surface area (Å²) in [4.78, 5) is 23.6. The zero-order valence-corrected chi connectivity index (χ0v) is 12.7. The smallest absolute Gasteiger partial charge is 0.326 e. The molecule has 114 valence electrons. The Morgan fingerprint density at radius 2 is 1.73 bits per heavy atom. The second-order valence-electron chi connectivity index (χ2n) is 5.33. The van der Waals surface area contributed by atoms with E-state index in [4.69, 9.17) is 0 Å². The number of Topliss-reactive ketones (excluding diaryl/α,β-unsaturated/α-hetero) is 1. The first-order valence-electron chi connectivity index (χ1n) is 7.12. The standard InChI is InChI=1S/C18H19NO3/c1-12-8-9-15(10-13(12)2)19-16(18(21)22)11-17(20)14-6-4-3-5-7-14/h3-10,16,19H,11H2,1-2H3,(H,21,22)/t16-/m1/s1. The van der Waals surface area contributed by atoms with E-state index in [2.05, 4.69) is 5.32 Å². The first kappa shape index (κ1) is 15.8. The molecule has 2 aromatic rings. The predicted octanol–water partition coefficient (Wildman–Crippen LogP) is 3.44. The van der Waals surface area contributed by atoms with Gasteiger partial charge in [-0.05, 0) is 37.1 Å². The van der Waals surface area contributed by atoms with Crippen molar-refractivity contribution in [3.05, 3.63) is 65.2 Å². The highest BCUT2D eigenvalue weighted by Crippen LogP contribution is 2.17. The zero-order chi connectivity index (χ0) is 16.1. The van der Waals surface area contributed by atoms with Crippen LogP contribution in [0.3, 0.4) is 0 Å². The highest BCUT2D eigenvalue weighted by atomic mass is 16.4. The number of carbonyl (C=O) groups is 2. The van der Waals surface area contributed by atoms with Crippen LogP contribution in [-0.2, 0) is 4.79 Å². The second kappa shape index (κ2) is 6.89. The molecule has 0 unspecified atom stereocenters. The monoisotopic (exact) mass is 297 g/mol. The van der Waals surface area contributed by atoms with Gasteiger partial charge in [0.1, 0.15) is 6.04 Å². The maximum Gasteiger partial charge on any atom is 0.326 e. The van der Waals surface area contributed by atoms with Crippen molar-refractivity contribution in [3.63, 3.8) is 0 Å². The number of carboxylic acid groups (broad SMARTS) is 1. The molecule has 0 saturated heterocycles. The lowest BCUT2D eigenvalue weighted by Crippen LogP contribution is -2.31. The van der Waals surface area contributed by atoms with Crippen molar-refractivity contribution in [3.8, 4) is 0 Å². The highest BCUT2D eigenvalue weighted by molar-refractivity contribution is 5.99.